The van der Waals surface area contributed by atoms with Crippen molar-refractivity contribution in [2.24, 2.45) is 5.73 Å². The Hall–Kier alpha value is -0.510. The summed E-state index contributed by atoms with van der Waals surface area (Å²) in [5, 5.41) is 0. The molecule has 1 unspecified atom stereocenters. The second-order valence-electron chi connectivity index (χ2n) is 3.82. The van der Waals surface area contributed by atoms with Crippen LogP contribution >= 0.6 is 24.8 Å². The molecule has 2 N–H and O–H groups in total. The average molecular weight is 267 g/mol. The van der Waals surface area contributed by atoms with E-state index in [-0.39, 0.29) is 36.7 Å². The minimum absolute atomic E-state index is 0. The van der Waals surface area contributed by atoms with E-state index in [0.29, 0.717) is 0 Å². The Bertz CT molecular complexity index is 305. The molecule has 1 saturated heterocycles. The fourth-order valence-electron chi connectivity index (χ4n) is 1.90. The smallest absolute Gasteiger partial charge is 0.123 e. The molecule has 1 atom stereocenters. The number of rotatable bonds is 1. The van der Waals surface area contributed by atoms with Crippen LogP contribution in [0.4, 0.5) is 10.1 Å². The highest BCUT2D eigenvalue weighted by Gasteiger charge is 2.16. The highest BCUT2D eigenvalue weighted by molar-refractivity contribution is 5.85. The van der Waals surface area contributed by atoms with E-state index in [4.69, 9.17) is 5.73 Å². The maximum absolute atomic E-state index is 12.7. The van der Waals surface area contributed by atoms with Crippen LogP contribution in [-0.4, -0.2) is 19.1 Å². The van der Waals surface area contributed by atoms with Crippen molar-refractivity contribution < 1.29 is 4.39 Å². The zero-order chi connectivity index (χ0) is 9.97. The van der Waals surface area contributed by atoms with Crippen LogP contribution in [0.15, 0.2) is 24.3 Å². The Kier molecular flexibility index (Phi) is 6.72. The lowest BCUT2D eigenvalue weighted by Gasteiger charge is -2.32. The third-order valence-electron chi connectivity index (χ3n) is 2.65. The minimum Gasteiger partial charge on any atom is -0.370 e. The third-order valence-corrected chi connectivity index (χ3v) is 2.65. The maximum atomic E-state index is 12.7. The highest BCUT2D eigenvalue weighted by Crippen LogP contribution is 2.19. The van der Waals surface area contributed by atoms with E-state index in [2.05, 4.69) is 4.90 Å². The van der Waals surface area contributed by atoms with Gasteiger partial charge in [-0.15, -0.1) is 24.8 Å². The predicted molar refractivity (Wildman–Crippen MR) is 70.3 cm³/mol. The van der Waals surface area contributed by atoms with Crippen molar-refractivity contribution in [2.45, 2.75) is 18.9 Å². The molecule has 92 valence electrons. The molecule has 1 fully saturated rings. The van der Waals surface area contributed by atoms with Gasteiger partial charge < -0.3 is 10.6 Å². The fourth-order valence-corrected chi connectivity index (χ4v) is 1.90. The largest absolute Gasteiger partial charge is 0.370 e. The normalized spacial score (nSPS) is 19.6. The lowest BCUT2D eigenvalue weighted by Crippen LogP contribution is -2.42. The van der Waals surface area contributed by atoms with Gasteiger partial charge in [-0.25, -0.2) is 4.39 Å². The Morgan fingerprint density at radius 1 is 1.19 bits per heavy atom. The number of nitrogens with two attached hydrogens (primary N) is 1. The van der Waals surface area contributed by atoms with Gasteiger partial charge in [0.2, 0.25) is 0 Å². The first-order valence-corrected chi connectivity index (χ1v) is 5.02. The molecule has 5 heteroatoms. The number of benzene rings is 1. The van der Waals surface area contributed by atoms with Crippen LogP contribution in [0, 0.1) is 5.82 Å². The molecule has 0 bridgehead atoms. The van der Waals surface area contributed by atoms with Crippen LogP contribution in [0.3, 0.4) is 0 Å². The maximum Gasteiger partial charge on any atom is 0.123 e. The van der Waals surface area contributed by atoms with Crippen LogP contribution in [0.25, 0.3) is 0 Å². The third kappa shape index (κ3) is 3.81. The van der Waals surface area contributed by atoms with E-state index in [1.54, 1.807) is 0 Å². The zero-order valence-corrected chi connectivity index (χ0v) is 10.6. The lowest BCUT2D eigenvalue weighted by atomic mass is 10.1. The summed E-state index contributed by atoms with van der Waals surface area (Å²) >= 11 is 0. The SMILES string of the molecule is Cl.Cl.NC1CCCN(c2ccc(F)cc2)C1. The van der Waals surface area contributed by atoms with Gasteiger partial charge >= 0.3 is 0 Å². The van der Waals surface area contributed by atoms with Gasteiger partial charge in [0.05, 0.1) is 0 Å². The molecule has 0 radical (unpaired) electrons. The van der Waals surface area contributed by atoms with Gasteiger partial charge in [0.1, 0.15) is 5.82 Å². The number of halogens is 3. The molecule has 0 aliphatic carbocycles. The molecular formula is C11H17Cl2FN2. The summed E-state index contributed by atoms with van der Waals surface area (Å²) in [6.07, 6.45) is 2.22. The van der Waals surface area contributed by atoms with E-state index < -0.39 is 0 Å². The van der Waals surface area contributed by atoms with E-state index >= 15 is 0 Å². The van der Waals surface area contributed by atoms with E-state index in [1.165, 1.54) is 12.1 Å². The van der Waals surface area contributed by atoms with Crippen molar-refractivity contribution in [3.05, 3.63) is 30.1 Å². The van der Waals surface area contributed by atoms with Crippen molar-refractivity contribution in [1.82, 2.24) is 0 Å². The second-order valence-corrected chi connectivity index (χ2v) is 3.82. The van der Waals surface area contributed by atoms with E-state index in [0.717, 1.165) is 31.6 Å². The molecule has 1 heterocycles. The van der Waals surface area contributed by atoms with Crippen molar-refractivity contribution >= 4 is 30.5 Å². The van der Waals surface area contributed by atoms with Crippen LogP contribution in [-0.2, 0) is 0 Å². The Balaban J connectivity index is 0.00000112. The Morgan fingerprint density at radius 2 is 1.81 bits per heavy atom. The molecule has 16 heavy (non-hydrogen) atoms. The van der Waals surface area contributed by atoms with Crippen molar-refractivity contribution in [3.8, 4) is 0 Å². The van der Waals surface area contributed by atoms with E-state index in [1.807, 2.05) is 12.1 Å². The molecule has 0 spiro atoms. The standard InChI is InChI=1S/C11H15FN2.2ClH/c12-9-3-5-11(6-4-9)14-7-1-2-10(13)8-14;;/h3-6,10H,1-2,7-8,13H2;2*1H. The fraction of sp³-hybridized carbons (Fsp3) is 0.455. The first kappa shape index (κ1) is 15.5. The first-order chi connectivity index (χ1) is 6.75. The van der Waals surface area contributed by atoms with Crippen molar-refractivity contribution in [2.75, 3.05) is 18.0 Å². The molecule has 2 nitrogen and oxygen atoms in total. The lowest BCUT2D eigenvalue weighted by molar-refractivity contribution is 0.506. The molecule has 0 aromatic heterocycles. The number of anilines is 1. The first-order valence-electron chi connectivity index (χ1n) is 5.02. The van der Waals surface area contributed by atoms with Gasteiger partial charge in [-0.1, -0.05) is 0 Å². The molecule has 2 rings (SSSR count). The molecule has 1 aliphatic rings. The van der Waals surface area contributed by atoms with Crippen LogP contribution in [0.1, 0.15) is 12.8 Å². The van der Waals surface area contributed by atoms with E-state index in [9.17, 15) is 4.39 Å². The summed E-state index contributed by atoms with van der Waals surface area (Å²) in [6.45, 7) is 1.91. The molecule has 0 amide bonds. The van der Waals surface area contributed by atoms with Gasteiger partial charge in [0, 0.05) is 24.8 Å². The highest BCUT2D eigenvalue weighted by atomic mass is 35.5. The summed E-state index contributed by atoms with van der Waals surface area (Å²) < 4.78 is 12.7. The van der Waals surface area contributed by atoms with Gasteiger partial charge in [-0.2, -0.15) is 0 Å². The topological polar surface area (TPSA) is 29.3 Å². The summed E-state index contributed by atoms with van der Waals surface area (Å²) in [6, 6.07) is 6.87. The molecule has 1 aliphatic heterocycles. The molecule has 1 aromatic rings. The molecule has 0 saturated carbocycles. The number of hydrogen-bond donors (Lipinski definition) is 1. The monoisotopic (exact) mass is 266 g/mol. The average Bonchev–Trinajstić information content (AvgIpc) is 2.19. The summed E-state index contributed by atoms with van der Waals surface area (Å²) in [7, 11) is 0. The minimum atomic E-state index is -0.185. The second kappa shape index (κ2) is 6.94. The summed E-state index contributed by atoms with van der Waals surface area (Å²) in [5.41, 5.74) is 6.95. The summed E-state index contributed by atoms with van der Waals surface area (Å²) in [4.78, 5) is 2.22. The van der Waals surface area contributed by atoms with Crippen molar-refractivity contribution in [1.29, 1.82) is 0 Å². The Labute approximate surface area is 108 Å². The number of nitrogens with zero attached hydrogens (tertiary/aromatic N) is 1. The van der Waals surface area contributed by atoms with Gasteiger partial charge in [0.25, 0.3) is 0 Å². The van der Waals surface area contributed by atoms with Gasteiger partial charge in [-0.3, -0.25) is 0 Å². The van der Waals surface area contributed by atoms with Gasteiger partial charge in [-0.05, 0) is 37.1 Å². The molecule has 1 aromatic carbocycles. The van der Waals surface area contributed by atoms with Crippen LogP contribution in [0.5, 0.6) is 0 Å². The van der Waals surface area contributed by atoms with Crippen LogP contribution in [0.2, 0.25) is 0 Å². The summed E-state index contributed by atoms with van der Waals surface area (Å²) in [5.74, 6) is -0.185. The Morgan fingerprint density at radius 3 is 2.38 bits per heavy atom. The quantitative estimate of drug-likeness (QED) is 0.847. The zero-order valence-electron chi connectivity index (χ0n) is 8.93. The van der Waals surface area contributed by atoms with Gasteiger partial charge in [0.15, 0.2) is 0 Å². The molecular weight excluding hydrogens is 250 g/mol. The predicted octanol–water partition coefficient (Wildman–Crippen LogP) is 2.60. The van der Waals surface area contributed by atoms with Crippen LogP contribution < -0.4 is 10.6 Å². The van der Waals surface area contributed by atoms with Crippen molar-refractivity contribution in [3.63, 3.8) is 0 Å². The number of piperidine rings is 1. The number of hydrogen-bond acceptors (Lipinski definition) is 2.